The Hall–Kier alpha value is -0.0400. The Morgan fingerprint density at radius 1 is 0.833 bits per heavy atom. The normalized spacial score (nSPS) is 8.50. The van der Waals surface area contributed by atoms with Crippen molar-refractivity contribution in [3.05, 3.63) is 0 Å². The molecule has 0 saturated carbocycles. The number of rotatable bonds is 4. The van der Waals surface area contributed by atoms with E-state index >= 15 is 0 Å². The second-order valence-corrected chi connectivity index (χ2v) is 3.01. The highest BCUT2D eigenvalue weighted by Gasteiger charge is 1.90. The minimum absolute atomic E-state index is 0. The lowest BCUT2D eigenvalue weighted by Crippen LogP contribution is -2.19. The Bertz CT molecular complexity index is 47.0. The monoisotopic (exact) mass is 175 g/mol. The first-order valence-corrected chi connectivity index (χ1v) is 4.91. The van der Waals surface area contributed by atoms with Crippen molar-refractivity contribution >= 4 is 0 Å². The van der Waals surface area contributed by atoms with Crippen LogP contribution in [-0.4, -0.2) is 25.0 Å². The van der Waals surface area contributed by atoms with Crippen molar-refractivity contribution in [2.24, 2.45) is 0 Å². The van der Waals surface area contributed by atoms with Crippen LogP contribution in [0.1, 0.15) is 54.4 Å². The van der Waals surface area contributed by atoms with Gasteiger partial charge >= 0.3 is 0 Å². The molecule has 0 aliphatic carbocycles. The molecule has 0 heterocycles. The summed E-state index contributed by atoms with van der Waals surface area (Å²) in [5, 5.41) is 0. The highest BCUT2D eigenvalue weighted by molar-refractivity contribution is 4.45. The Kier molecular flexibility index (Phi) is 25.6. The first kappa shape index (κ1) is 17.9. The summed E-state index contributed by atoms with van der Waals surface area (Å²) in [4.78, 5) is 2.36. The highest BCUT2D eigenvalue weighted by Crippen LogP contribution is 1.86. The van der Waals surface area contributed by atoms with E-state index in [1.807, 2.05) is 0 Å². The van der Waals surface area contributed by atoms with Crippen LogP contribution < -0.4 is 0 Å². The first-order chi connectivity index (χ1) is 5.22. The van der Waals surface area contributed by atoms with Gasteiger partial charge < -0.3 is 4.90 Å². The van der Waals surface area contributed by atoms with Crippen molar-refractivity contribution in [2.45, 2.75) is 54.4 Å². The van der Waals surface area contributed by atoms with E-state index in [0.717, 1.165) is 0 Å². The molecule has 0 aliphatic heterocycles. The van der Waals surface area contributed by atoms with Crippen molar-refractivity contribution in [3.8, 4) is 0 Å². The molecule has 0 saturated heterocycles. The van der Waals surface area contributed by atoms with E-state index < -0.39 is 0 Å². The Labute approximate surface area is 80.2 Å². The molecule has 0 atom stereocenters. The molecule has 0 fully saturated rings. The van der Waals surface area contributed by atoms with Crippen LogP contribution in [0.2, 0.25) is 0 Å². The van der Waals surface area contributed by atoms with Crippen molar-refractivity contribution in [1.82, 2.24) is 4.90 Å². The summed E-state index contributed by atoms with van der Waals surface area (Å²) in [6, 6.07) is 0. The predicted octanol–water partition coefficient (Wildman–Crippen LogP) is 3.79. The fourth-order valence-corrected chi connectivity index (χ4v) is 0.875. The van der Waals surface area contributed by atoms with Gasteiger partial charge in [0.15, 0.2) is 0 Å². The number of hydrogen-bond acceptors (Lipinski definition) is 1. The fraction of sp³-hybridized carbons (Fsp3) is 1.00. The quantitative estimate of drug-likeness (QED) is 0.628. The van der Waals surface area contributed by atoms with Gasteiger partial charge in [0, 0.05) is 0 Å². The lowest BCUT2D eigenvalue weighted by molar-refractivity contribution is 0.335. The van der Waals surface area contributed by atoms with Gasteiger partial charge in [0.1, 0.15) is 0 Å². The summed E-state index contributed by atoms with van der Waals surface area (Å²) < 4.78 is 0. The van der Waals surface area contributed by atoms with Crippen molar-refractivity contribution in [1.29, 1.82) is 0 Å². The highest BCUT2D eigenvalue weighted by atomic mass is 15.1. The predicted molar refractivity (Wildman–Crippen MR) is 60.8 cm³/mol. The molecular weight excluding hydrogens is 146 g/mol. The van der Waals surface area contributed by atoms with E-state index in [9.17, 15) is 0 Å². The number of nitrogens with zero attached hydrogens (tertiary/aromatic N) is 1. The van der Waals surface area contributed by atoms with Crippen LogP contribution in [0.25, 0.3) is 0 Å². The SMILES string of the molecule is C.CCC.CCCN(C)CCC. The maximum atomic E-state index is 2.36. The minimum Gasteiger partial charge on any atom is -0.306 e. The average Bonchev–Trinajstić information content (AvgIpc) is 1.90. The Morgan fingerprint density at radius 3 is 1.25 bits per heavy atom. The van der Waals surface area contributed by atoms with E-state index in [2.05, 4.69) is 39.6 Å². The molecule has 12 heavy (non-hydrogen) atoms. The average molecular weight is 175 g/mol. The second-order valence-electron chi connectivity index (χ2n) is 3.01. The van der Waals surface area contributed by atoms with Gasteiger partial charge in [0.25, 0.3) is 0 Å². The molecule has 0 aromatic rings. The molecule has 0 bridgehead atoms. The summed E-state index contributed by atoms with van der Waals surface area (Å²) in [6.07, 6.45) is 3.80. The molecule has 1 nitrogen and oxygen atoms in total. The van der Waals surface area contributed by atoms with Gasteiger partial charge in [-0.2, -0.15) is 0 Å². The van der Waals surface area contributed by atoms with E-state index in [4.69, 9.17) is 0 Å². The zero-order chi connectivity index (χ0) is 9.11. The first-order valence-electron chi connectivity index (χ1n) is 4.91. The molecular formula is C11H29N. The standard InChI is InChI=1S/C7H17N.C3H8.CH4/c1-4-6-8(3)7-5-2;1-3-2;/h4-7H2,1-3H3;3H2,1-2H3;1H4. The molecule has 1 heteroatoms. The molecule has 0 unspecified atom stereocenters. The van der Waals surface area contributed by atoms with Gasteiger partial charge in [-0.3, -0.25) is 0 Å². The van der Waals surface area contributed by atoms with E-state index in [1.54, 1.807) is 0 Å². The molecule has 0 amide bonds. The van der Waals surface area contributed by atoms with Crippen molar-refractivity contribution in [2.75, 3.05) is 20.1 Å². The van der Waals surface area contributed by atoms with Crippen LogP contribution in [0.4, 0.5) is 0 Å². The van der Waals surface area contributed by atoms with Gasteiger partial charge in [-0.25, -0.2) is 0 Å². The topological polar surface area (TPSA) is 3.24 Å². The van der Waals surface area contributed by atoms with E-state index in [0.29, 0.717) is 0 Å². The molecule has 0 N–H and O–H groups in total. The van der Waals surface area contributed by atoms with Gasteiger partial charge in [0.2, 0.25) is 0 Å². The summed E-state index contributed by atoms with van der Waals surface area (Å²) in [7, 11) is 2.17. The third-order valence-electron chi connectivity index (χ3n) is 1.21. The van der Waals surface area contributed by atoms with Crippen LogP contribution in [-0.2, 0) is 0 Å². The lowest BCUT2D eigenvalue weighted by Gasteiger charge is -2.12. The molecule has 78 valence electrons. The fourth-order valence-electron chi connectivity index (χ4n) is 0.875. The van der Waals surface area contributed by atoms with Crippen LogP contribution >= 0.6 is 0 Å². The smallest absolute Gasteiger partial charge is 0.00244 e. The van der Waals surface area contributed by atoms with Crippen LogP contribution in [0.5, 0.6) is 0 Å². The summed E-state index contributed by atoms with van der Waals surface area (Å²) in [5.74, 6) is 0. The molecule has 0 aliphatic rings. The maximum absolute atomic E-state index is 2.36. The van der Waals surface area contributed by atoms with Crippen LogP contribution in [0.3, 0.4) is 0 Å². The lowest BCUT2D eigenvalue weighted by atomic mass is 10.4. The molecule has 0 radical (unpaired) electrons. The largest absolute Gasteiger partial charge is 0.306 e. The van der Waals surface area contributed by atoms with E-state index in [1.165, 1.54) is 32.4 Å². The Balaban J connectivity index is -0.000000177. The molecule has 0 aromatic heterocycles. The van der Waals surface area contributed by atoms with Gasteiger partial charge in [0.05, 0.1) is 0 Å². The summed E-state index contributed by atoms with van der Waals surface area (Å²) >= 11 is 0. The van der Waals surface area contributed by atoms with Crippen molar-refractivity contribution < 1.29 is 0 Å². The van der Waals surface area contributed by atoms with E-state index in [-0.39, 0.29) is 7.43 Å². The number of hydrogen-bond donors (Lipinski definition) is 0. The van der Waals surface area contributed by atoms with Gasteiger partial charge in [-0.15, -0.1) is 0 Å². The Morgan fingerprint density at radius 2 is 1.08 bits per heavy atom. The van der Waals surface area contributed by atoms with Crippen molar-refractivity contribution in [3.63, 3.8) is 0 Å². The second kappa shape index (κ2) is 17.2. The molecule has 0 spiro atoms. The minimum atomic E-state index is 0. The zero-order valence-electron chi connectivity index (χ0n) is 8.98. The van der Waals surface area contributed by atoms with Crippen LogP contribution in [0, 0.1) is 0 Å². The summed E-state index contributed by atoms with van der Waals surface area (Å²) in [6.45, 7) is 11.2. The van der Waals surface area contributed by atoms with Gasteiger partial charge in [-0.05, 0) is 33.0 Å². The third kappa shape index (κ3) is 22.5. The molecule has 0 aromatic carbocycles. The zero-order valence-corrected chi connectivity index (χ0v) is 8.98. The van der Waals surface area contributed by atoms with Gasteiger partial charge in [-0.1, -0.05) is 41.5 Å². The van der Waals surface area contributed by atoms with Crippen LogP contribution in [0.15, 0.2) is 0 Å². The third-order valence-corrected chi connectivity index (χ3v) is 1.21. The summed E-state index contributed by atoms with van der Waals surface area (Å²) in [5.41, 5.74) is 0. The molecule has 0 rings (SSSR count). The maximum Gasteiger partial charge on any atom is -0.00244 e.